The predicted octanol–water partition coefficient (Wildman–Crippen LogP) is -0.271. The minimum atomic E-state index is -0.168. The van der Waals surface area contributed by atoms with E-state index in [1.54, 1.807) is 12.1 Å². The lowest BCUT2D eigenvalue weighted by molar-refractivity contribution is 0.0931. The van der Waals surface area contributed by atoms with Crippen LogP contribution in [-0.2, 0) is 0 Å². The van der Waals surface area contributed by atoms with E-state index < -0.39 is 0 Å². The molecule has 1 unspecified atom stereocenters. The SMILES string of the molecule is NNc1ccc(C(=O)NC2CCN(C3CC3)C2)nn1. The van der Waals surface area contributed by atoms with Crippen molar-refractivity contribution < 1.29 is 4.79 Å². The number of aromatic nitrogens is 2. The molecular formula is C12H18N6O. The van der Waals surface area contributed by atoms with Crippen molar-refractivity contribution in [3.05, 3.63) is 17.8 Å². The fourth-order valence-corrected chi connectivity index (χ4v) is 2.47. The molecule has 1 aromatic heterocycles. The maximum absolute atomic E-state index is 12.0. The Morgan fingerprint density at radius 3 is 2.79 bits per heavy atom. The lowest BCUT2D eigenvalue weighted by atomic mass is 10.2. The molecule has 19 heavy (non-hydrogen) atoms. The Kier molecular flexibility index (Phi) is 3.31. The molecule has 1 aliphatic heterocycles. The van der Waals surface area contributed by atoms with Crippen LogP contribution < -0.4 is 16.6 Å². The second-order valence-electron chi connectivity index (χ2n) is 5.13. The van der Waals surface area contributed by atoms with Crippen molar-refractivity contribution in [3.63, 3.8) is 0 Å². The number of hydrogen-bond acceptors (Lipinski definition) is 6. The lowest BCUT2D eigenvalue weighted by Crippen LogP contribution is -2.38. The Morgan fingerprint density at radius 2 is 2.16 bits per heavy atom. The van der Waals surface area contributed by atoms with Crippen molar-refractivity contribution in [1.29, 1.82) is 0 Å². The van der Waals surface area contributed by atoms with E-state index >= 15 is 0 Å². The Balaban J connectivity index is 1.55. The number of hydrogen-bond donors (Lipinski definition) is 3. The predicted molar refractivity (Wildman–Crippen MR) is 70.3 cm³/mol. The smallest absolute Gasteiger partial charge is 0.272 e. The minimum Gasteiger partial charge on any atom is -0.347 e. The molecule has 2 heterocycles. The van der Waals surface area contributed by atoms with Crippen molar-refractivity contribution in [2.24, 2.45) is 5.84 Å². The number of anilines is 1. The van der Waals surface area contributed by atoms with Gasteiger partial charge in [0.15, 0.2) is 11.5 Å². The first-order valence-electron chi connectivity index (χ1n) is 6.61. The van der Waals surface area contributed by atoms with Crippen LogP contribution in [0.2, 0.25) is 0 Å². The van der Waals surface area contributed by atoms with E-state index in [1.165, 1.54) is 12.8 Å². The molecular weight excluding hydrogens is 244 g/mol. The molecule has 3 rings (SSSR count). The van der Waals surface area contributed by atoms with E-state index in [4.69, 9.17) is 5.84 Å². The molecule has 2 fully saturated rings. The molecule has 0 spiro atoms. The molecule has 0 radical (unpaired) electrons. The second-order valence-corrected chi connectivity index (χ2v) is 5.13. The largest absolute Gasteiger partial charge is 0.347 e. The number of hydrazine groups is 1. The summed E-state index contributed by atoms with van der Waals surface area (Å²) < 4.78 is 0. The van der Waals surface area contributed by atoms with Gasteiger partial charge in [-0.1, -0.05) is 0 Å². The van der Waals surface area contributed by atoms with Gasteiger partial charge in [0.05, 0.1) is 0 Å². The molecule has 1 atom stereocenters. The lowest BCUT2D eigenvalue weighted by Gasteiger charge is -2.15. The highest BCUT2D eigenvalue weighted by atomic mass is 16.2. The van der Waals surface area contributed by atoms with Gasteiger partial charge in [0, 0.05) is 25.2 Å². The Morgan fingerprint density at radius 1 is 1.32 bits per heavy atom. The molecule has 1 amide bonds. The number of amides is 1. The molecule has 4 N–H and O–H groups in total. The van der Waals surface area contributed by atoms with E-state index in [9.17, 15) is 4.79 Å². The quantitative estimate of drug-likeness (QED) is 0.510. The molecule has 1 aliphatic carbocycles. The highest BCUT2D eigenvalue weighted by Crippen LogP contribution is 2.29. The molecule has 1 saturated heterocycles. The summed E-state index contributed by atoms with van der Waals surface area (Å²) in [6.07, 6.45) is 3.62. The van der Waals surface area contributed by atoms with Crippen molar-refractivity contribution in [2.75, 3.05) is 18.5 Å². The molecule has 1 saturated carbocycles. The van der Waals surface area contributed by atoms with Crippen LogP contribution in [-0.4, -0.2) is 46.2 Å². The van der Waals surface area contributed by atoms with Crippen LogP contribution in [0.5, 0.6) is 0 Å². The number of nitrogens with zero attached hydrogens (tertiary/aromatic N) is 3. The number of nitrogens with one attached hydrogen (secondary N) is 2. The van der Waals surface area contributed by atoms with Crippen molar-refractivity contribution in [2.45, 2.75) is 31.3 Å². The zero-order valence-electron chi connectivity index (χ0n) is 10.7. The zero-order valence-corrected chi connectivity index (χ0v) is 10.7. The first-order chi connectivity index (χ1) is 9.26. The van der Waals surface area contributed by atoms with Gasteiger partial charge in [-0.2, -0.15) is 0 Å². The monoisotopic (exact) mass is 262 g/mol. The van der Waals surface area contributed by atoms with Crippen LogP contribution in [0, 0.1) is 0 Å². The first kappa shape index (κ1) is 12.3. The Bertz CT molecular complexity index is 458. The van der Waals surface area contributed by atoms with Crippen LogP contribution in [0.15, 0.2) is 12.1 Å². The number of nitrogen functional groups attached to an aromatic ring is 1. The van der Waals surface area contributed by atoms with E-state index in [1.807, 2.05) is 0 Å². The van der Waals surface area contributed by atoms with Gasteiger partial charge in [-0.25, -0.2) is 5.84 Å². The third-order valence-electron chi connectivity index (χ3n) is 3.66. The van der Waals surface area contributed by atoms with Crippen molar-refractivity contribution in [1.82, 2.24) is 20.4 Å². The molecule has 0 bridgehead atoms. The summed E-state index contributed by atoms with van der Waals surface area (Å²) in [6, 6.07) is 4.23. The van der Waals surface area contributed by atoms with Crippen LogP contribution in [0.3, 0.4) is 0 Å². The summed E-state index contributed by atoms with van der Waals surface area (Å²) in [4.78, 5) is 14.5. The summed E-state index contributed by atoms with van der Waals surface area (Å²) in [5, 5.41) is 10.6. The van der Waals surface area contributed by atoms with Gasteiger partial charge < -0.3 is 10.7 Å². The van der Waals surface area contributed by atoms with Gasteiger partial charge >= 0.3 is 0 Å². The normalized spacial score (nSPS) is 23.3. The number of nitrogens with two attached hydrogens (primary N) is 1. The van der Waals surface area contributed by atoms with Crippen LogP contribution in [0.1, 0.15) is 29.8 Å². The van der Waals surface area contributed by atoms with E-state index in [0.29, 0.717) is 11.5 Å². The second kappa shape index (κ2) is 5.10. The average molecular weight is 262 g/mol. The van der Waals surface area contributed by atoms with Crippen molar-refractivity contribution >= 4 is 11.7 Å². The molecule has 7 nitrogen and oxygen atoms in total. The fourth-order valence-electron chi connectivity index (χ4n) is 2.47. The summed E-state index contributed by atoms with van der Waals surface area (Å²) in [5.74, 6) is 5.47. The summed E-state index contributed by atoms with van der Waals surface area (Å²) in [5.41, 5.74) is 2.70. The van der Waals surface area contributed by atoms with E-state index in [0.717, 1.165) is 25.6 Å². The first-order valence-corrected chi connectivity index (χ1v) is 6.61. The van der Waals surface area contributed by atoms with Crippen molar-refractivity contribution in [3.8, 4) is 0 Å². The molecule has 1 aromatic rings. The minimum absolute atomic E-state index is 0.168. The zero-order chi connectivity index (χ0) is 13.2. The average Bonchev–Trinajstić information content (AvgIpc) is 3.20. The van der Waals surface area contributed by atoms with E-state index in [-0.39, 0.29) is 11.9 Å². The summed E-state index contributed by atoms with van der Waals surface area (Å²) in [7, 11) is 0. The third kappa shape index (κ3) is 2.82. The fraction of sp³-hybridized carbons (Fsp3) is 0.583. The van der Waals surface area contributed by atoms with Gasteiger partial charge in [0.25, 0.3) is 5.91 Å². The van der Waals surface area contributed by atoms with Gasteiger partial charge in [-0.3, -0.25) is 9.69 Å². The summed E-state index contributed by atoms with van der Waals surface area (Å²) in [6.45, 7) is 2.03. The molecule has 2 aliphatic rings. The molecule has 102 valence electrons. The van der Waals surface area contributed by atoms with Crippen LogP contribution in [0.25, 0.3) is 0 Å². The van der Waals surface area contributed by atoms with Gasteiger partial charge in [-0.05, 0) is 31.4 Å². The number of carbonyl (C=O) groups is 1. The number of likely N-dealkylation sites (tertiary alicyclic amines) is 1. The van der Waals surface area contributed by atoms with Crippen LogP contribution in [0.4, 0.5) is 5.82 Å². The van der Waals surface area contributed by atoms with Crippen LogP contribution >= 0.6 is 0 Å². The number of carbonyl (C=O) groups excluding carboxylic acids is 1. The van der Waals surface area contributed by atoms with Gasteiger partial charge in [0.1, 0.15) is 0 Å². The van der Waals surface area contributed by atoms with Gasteiger partial charge in [0.2, 0.25) is 0 Å². The highest BCUT2D eigenvalue weighted by molar-refractivity contribution is 5.92. The van der Waals surface area contributed by atoms with Gasteiger partial charge in [-0.15, -0.1) is 10.2 Å². The molecule has 0 aromatic carbocycles. The highest BCUT2D eigenvalue weighted by Gasteiger charge is 2.34. The number of rotatable bonds is 4. The topological polar surface area (TPSA) is 96.2 Å². The van der Waals surface area contributed by atoms with E-state index in [2.05, 4.69) is 25.8 Å². The molecule has 7 heteroatoms. The standard InChI is InChI=1S/C12H18N6O/c13-15-11-4-3-10(16-17-11)12(19)14-8-5-6-18(7-8)9-1-2-9/h3-4,8-9H,1-2,5-7,13H2,(H,14,19)(H,15,17). The maximum Gasteiger partial charge on any atom is 0.272 e. The summed E-state index contributed by atoms with van der Waals surface area (Å²) >= 11 is 0. The Labute approximate surface area is 111 Å². The third-order valence-corrected chi connectivity index (χ3v) is 3.66. The maximum atomic E-state index is 12.0. The Hall–Kier alpha value is -1.73.